The van der Waals surface area contributed by atoms with E-state index in [4.69, 9.17) is 9.72 Å². The highest BCUT2D eigenvalue weighted by atomic mass is 32.2. The second-order valence-corrected chi connectivity index (χ2v) is 9.59. The molecule has 0 saturated heterocycles. The maximum atomic E-state index is 13.3. The second kappa shape index (κ2) is 9.49. The molecule has 2 atom stereocenters. The lowest BCUT2D eigenvalue weighted by Gasteiger charge is -2.20. The highest BCUT2D eigenvalue weighted by Gasteiger charge is 2.26. The van der Waals surface area contributed by atoms with Crippen LogP contribution in [0.25, 0.3) is 10.9 Å². The highest BCUT2D eigenvalue weighted by molar-refractivity contribution is 8.00. The third-order valence-electron chi connectivity index (χ3n) is 5.92. The molecule has 0 unspecified atom stereocenters. The molecule has 7 nitrogen and oxygen atoms in total. The minimum absolute atomic E-state index is 0.00211. The van der Waals surface area contributed by atoms with Gasteiger partial charge in [0.15, 0.2) is 10.9 Å². The van der Waals surface area contributed by atoms with E-state index in [9.17, 15) is 14.4 Å². The van der Waals surface area contributed by atoms with Gasteiger partial charge in [0.05, 0.1) is 28.8 Å². The first-order valence-electron chi connectivity index (χ1n) is 10.9. The van der Waals surface area contributed by atoms with Crippen LogP contribution in [0.2, 0.25) is 0 Å². The van der Waals surface area contributed by atoms with Crippen molar-refractivity contribution in [1.82, 2.24) is 9.55 Å². The molecule has 0 aliphatic carbocycles. The second-order valence-electron chi connectivity index (χ2n) is 8.28. The highest BCUT2D eigenvalue weighted by Crippen LogP contribution is 2.31. The Labute approximate surface area is 196 Å². The van der Waals surface area contributed by atoms with Crippen LogP contribution < -0.4 is 10.5 Å². The third kappa shape index (κ3) is 4.45. The summed E-state index contributed by atoms with van der Waals surface area (Å²) in [5, 5.41) is 0.577. The van der Waals surface area contributed by atoms with Gasteiger partial charge in [0.25, 0.3) is 5.56 Å². The van der Waals surface area contributed by atoms with E-state index in [0.29, 0.717) is 34.8 Å². The fourth-order valence-corrected chi connectivity index (χ4v) is 5.33. The summed E-state index contributed by atoms with van der Waals surface area (Å²) in [5.74, 6) is -0.0419. The number of ketones is 1. The molecule has 1 aromatic heterocycles. The van der Waals surface area contributed by atoms with E-state index < -0.39 is 5.25 Å². The van der Waals surface area contributed by atoms with Crippen LogP contribution in [0.5, 0.6) is 0 Å². The van der Waals surface area contributed by atoms with Gasteiger partial charge < -0.3 is 9.64 Å². The zero-order valence-electron chi connectivity index (χ0n) is 19.2. The minimum Gasteiger partial charge on any atom is -0.383 e. The average molecular weight is 466 g/mol. The number of Topliss-reactive ketones (excluding diaryl/α,β-unsaturated/α-hetero) is 1. The van der Waals surface area contributed by atoms with Crippen molar-refractivity contribution in [2.75, 3.05) is 25.2 Å². The maximum Gasteiger partial charge on any atom is 0.262 e. The van der Waals surface area contributed by atoms with Gasteiger partial charge >= 0.3 is 0 Å². The lowest BCUT2D eigenvalue weighted by molar-refractivity contribution is -0.116. The van der Waals surface area contributed by atoms with Crippen molar-refractivity contribution < 1.29 is 14.3 Å². The number of benzene rings is 2. The molecule has 1 aliphatic rings. The number of hydrogen-bond acceptors (Lipinski definition) is 6. The van der Waals surface area contributed by atoms with E-state index in [1.807, 2.05) is 38.1 Å². The molecule has 0 spiro atoms. The molecule has 3 aromatic rings. The molecule has 8 heteroatoms. The molecule has 4 rings (SSSR count). The molecule has 0 radical (unpaired) electrons. The first kappa shape index (κ1) is 23.2. The van der Waals surface area contributed by atoms with E-state index in [-0.39, 0.29) is 23.3 Å². The topological polar surface area (TPSA) is 81.5 Å². The number of ether oxygens (including phenoxy) is 1. The number of amides is 1. The molecule has 2 heterocycles. The molecule has 0 saturated carbocycles. The molecule has 0 bridgehead atoms. The minimum atomic E-state index is -0.456. The fraction of sp³-hybridized carbons (Fsp3) is 0.360. The molecule has 0 fully saturated rings. The number of carbonyl (C=O) groups is 2. The monoisotopic (exact) mass is 465 g/mol. The van der Waals surface area contributed by atoms with E-state index in [1.165, 1.54) is 11.8 Å². The molecule has 1 amide bonds. The zero-order valence-corrected chi connectivity index (χ0v) is 20.0. The Bertz CT molecular complexity index is 1290. The largest absolute Gasteiger partial charge is 0.383 e. The Hall–Kier alpha value is -2.97. The summed E-state index contributed by atoms with van der Waals surface area (Å²) < 4.78 is 6.90. The first-order chi connectivity index (χ1) is 15.8. The summed E-state index contributed by atoms with van der Waals surface area (Å²) in [6.07, 6.45) is 0.734. The zero-order chi connectivity index (χ0) is 23.7. The van der Waals surface area contributed by atoms with Crippen LogP contribution in [-0.2, 0) is 16.0 Å². The predicted molar refractivity (Wildman–Crippen MR) is 130 cm³/mol. The molecule has 172 valence electrons. The number of thioether (sulfide) groups is 1. The smallest absolute Gasteiger partial charge is 0.262 e. The van der Waals surface area contributed by atoms with E-state index in [2.05, 4.69) is 0 Å². The number of methoxy groups -OCH3 is 1. The van der Waals surface area contributed by atoms with Crippen LogP contribution in [0.3, 0.4) is 0 Å². The quantitative estimate of drug-likeness (QED) is 0.299. The van der Waals surface area contributed by atoms with Crippen LogP contribution in [0.15, 0.2) is 52.4 Å². The maximum absolute atomic E-state index is 13.3. The summed E-state index contributed by atoms with van der Waals surface area (Å²) in [5.41, 5.74) is 2.93. The van der Waals surface area contributed by atoms with Gasteiger partial charge in [-0.15, -0.1) is 0 Å². The van der Waals surface area contributed by atoms with Crippen LogP contribution in [0, 0.1) is 0 Å². The number of nitrogens with zero attached hydrogens (tertiary/aromatic N) is 3. The van der Waals surface area contributed by atoms with Gasteiger partial charge in [0.1, 0.15) is 0 Å². The molecule has 0 N–H and O–H groups in total. The van der Waals surface area contributed by atoms with Gasteiger partial charge in [-0.2, -0.15) is 0 Å². The standard InChI is InChI=1S/C25H27N3O4S/c1-15(14-32-4)28-24(31)20-7-5-6-8-21(20)26-25(28)33-16(2)23(30)19-9-10-22-18(13-19)11-12-27(22)17(3)29/h5-10,13,15-16H,11-12,14H2,1-4H3/t15-,16-/m1/s1. The lowest BCUT2D eigenvalue weighted by Crippen LogP contribution is -2.29. The predicted octanol–water partition coefficient (Wildman–Crippen LogP) is 3.88. The number of anilines is 1. The van der Waals surface area contributed by atoms with E-state index in [1.54, 1.807) is 41.7 Å². The average Bonchev–Trinajstić information content (AvgIpc) is 3.22. The molecule has 1 aliphatic heterocycles. The number of hydrogen-bond donors (Lipinski definition) is 0. The number of carbonyl (C=O) groups excluding carboxylic acids is 2. The number of fused-ring (bicyclic) bond motifs is 2. The van der Waals surface area contributed by atoms with Crippen molar-refractivity contribution in [1.29, 1.82) is 0 Å². The Balaban J connectivity index is 1.66. The van der Waals surface area contributed by atoms with Crippen molar-refractivity contribution in [3.8, 4) is 0 Å². The van der Waals surface area contributed by atoms with Gasteiger partial charge in [0.2, 0.25) is 5.91 Å². The van der Waals surface area contributed by atoms with Gasteiger partial charge in [-0.25, -0.2) is 4.98 Å². The van der Waals surface area contributed by atoms with E-state index in [0.717, 1.165) is 17.7 Å². The van der Waals surface area contributed by atoms with Gasteiger partial charge in [-0.05, 0) is 56.2 Å². The first-order valence-corrected chi connectivity index (χ1v) is 11.8. The van der Waals surface area contributed by atoms with Crippen LogP contribution >= 0.6 is 11.8 Å². The van der Waals surface area contributed by atoms with Crippen molar-refractivity contribution in [3.63, 3.8) is 0 Å². The van der Waals surface area contributed by atoms with Crippen molar-refractivity contribution in [2.45, 2.75) is 43.6 Å². The van der Waals surface area contributed by atoms with Gasteiger partial charge in [0, 0.05) is 31.8 Å². The number of para-hydroxylation sites is 1. The van der Waals surface area contributed by atoms with Crippen molar-refractivity contribution in [2.24, 2.45) is 0 Å². The summed E-state index contributed by atoms with van der Waals surface area (Å²) >= 11 is 1.28. The third-order valence-corrected chi connectivity index (χ3v) is 6.98. The number of rotatable bonds is 7. The molecule has 33 heavy (non-hydrogen) atoms. The summed E-state index contributed by atoms with van der Waals surface area (Å²) in [6.45, 7) is 6.27. The van der Waals surface area contributed by atoms with Crippen molar-refractivity contribution >= 4 is 40.0 Å². The molecular formula is C25H27N3O4S. The Kier molecular flexibility index (Phi) is 6.67. The Morgan fingerprint density at radius 2 is 1.94 bits per heavy atom. The lowest BCUT2D eigenvalue weighted by atomic mass is 10.0. The Morgan fingerprint density at radius 3 is 2.67 bits per heavy atom. The van der Waals surface area contributed by atoms with E-state index >= 15 is 0 Å². The van der Waals surface area contributed by atoms with Gasteiger partial charge in [-0.3, -0.25) is 19.0 Å². The van der Waals surface area contributed by atoms with Gasteiger partial charge in [-0.1, -0.05) is 23.9 Å². The summed E-state index contributed by atoms with van der Waals surface area (Å²) in [6, 6.07) is 12.5. The van der Waals surface area contributed by atoms with Crippen molar-refractivity contribution in [3.05, 3.63) is 63.9 Å². The van der Waals surface area contributed by atoms with Crippen LogP contribution in [0.4, 0.5) is 5.69 Å². The Morgan fingerprint density at radius 1 is 1.18 bits per heavy atom. The molecule has 2 aromatic carbocycles. The number of aromatic nitrogens is 2. The summed E-state index contributed by atoms with van der Waals surface area (Å²) in [7, 11) is 1.59. The fourth-order valence-electron chi connectivity index (χ4n) is 4.24. The SMILES string of the molecule is COC[C@@H](C)n1c(S[C@H](C)C(=O)c2ccc3c(c2)CCN3C(C)=O)nc2ccccc2c1=O. The normalized spacial score (nSPS) is 14.8. The molecular weight excluding hydrogens is 438 g/mol. The summed E-state index contributed by atoms with van der Waals surface area (Å²) in [4.78, 5) is 44.8. The van der Waals surface area contributed by atoms with Crippen LogP contribution in [0.1, 0.15) is 42.7 Å². The van der Waals surface area contributed by atoms with Crippen LogP contribution in [-0.4, -0.2) is 46.8 Å².